The molecule has 2 aromatic rings. The van der Waals surface area contributed by atoms with Crippen LogP contribution in [0.1, 0.15) is 18.9 Å². The topological polar surface area (TPSA) is 21.3 Å². The SMILES string of the molecule is CCCNCc1ccc(Oc2ccccc2SC)cc1Br. The van der Waals surface area contributed by atoms with Crippen LogP contribution in [0.25, 0.3) is 0 Å². The van der Waals surface area contributed by atoms with Gasteiger partial charge in [0.15, 0.2) is 0 Å². The smallest absolute Gasteiger partial charge is 0.140 e. The predicted octanol–water partition coefficient (Wildman–Crippen LogP) is 5.46. The molecule has 2 rings (SSSR count). The van der Waals surface area contributed by atoms with Crippen molar-refractivity contribution < 1.29 is 4.74 Å². The van der Waals surface area contributed by atoms with E-state index < -0.39 is 0 Å². The highest BCUT2D eigenvalue weighted by Crippen LogP contribution is 2.32. The van der Waals surface area contributed by atoms with Crippen molar-refractivity contribution >= 4 is 27.7 Å². The highest BCUT2D eigenvalue weighted by atomic mass is 79.9. The Bertz CT molecular complexity index is 589. The van der Waals surface area contributed by atoms with E-state index >= 15 is 0 Å². The number of hydrogen-bond donors (Lipinski definition) is 1. The molecular weight excluding hydrogens is 346 g/mol. The van der Waals surface area contributed by atoms with Crippen LogP contribution in [-0.2, 0) is 6.54 Å². The van der Waals surface area contributed by atoms with Crippen molar-refractivity contribution in [3.8, 4) is 11.5 Å². The summed E-state index contributed by atoms with van der Waals surface area (Å²) in [4.78, 5) is 1.14. The quantitative estimate of drug-likeness (QED) is 0.519. The molecule has 0 radical (unpaired) electrons. The summed E-state index contributed by atoms with van der Waals surface area (Å²) in [7, 11) is 0. The largest absolute Gasteiger partial charge is 0.456 e. The zero-order chi connectivity index (χ0) is 15.1. The fourth-order valence-electron chi connectivity index (χ4n) is 1.96. The maximum Gasteiger partial charge on any atom is 0.140 e. The average Bonchev–Trinajstić information content (AvgIpc) is 2.50. The van der Waals surface area contributed by atoms with Gasteiger partial charge >= 0.3 is 0 Å². The van der Waals surface area contributed by atoms with E-state index in [1.165, 1.54) is 5.56 Å². The van der Waals surface area contributed by atoms with Crippen molar-refractivity contribution in [1.29, 1.82) is 0 Å². The lowest BCUT2D eigenvalue weighted by Gasteiger charge is -2.11. The molecule has 0 spiro atoms. The van der Waals surface area contributed by atoms with Crippen molar-refractivity contribution in [3.05, 3.63) is 52.5 Å². The molecule has 0 aliphatic heterocycles. The van der Waals surface area contributed by atoms with E-state index in [2.05, 4.69) is 46.6 Å². The molecule has 0 saturated heterocycles. The monoisotopic (exact) mass is 365 g/mol. The maximum atomic E-state index is 5.99. The predicted molar refractivity (Wildman–Crippen MR) is 94.4 cm³/mol. The molecule has 0 fully saturated rings. The zero-order valence-electron chi connectivity index (χ0n) is 12.4. The normalized spacial score (nSPS) is 10.6. The van der Waals surface area contributed by atoms with E-state index in [0.29, 0.717) is 0 Å². The summed E-state index contributed by atoms with van der Waals surface area (Å²) in [6.07, 6.45) is 3.20. The molecule has 112 valence electrons. The van der Waals surface area contributed by atoms with Crippen LogP contribution in [0.15, 0.2) is 51.8 Å². The molecule has 0 atom stereocenters. The fourth-order valence-corrected chi connectivity index (χ4v) is 2.99. The van der Waals surface area contributed by atoms with Crippen LogP contribution < -0.4 is 10.1 Å². The van der Waals surface area contributed by atoms with Gasteiger partial charge in [-0.2, -0.15) is 0 Å². The summed E-state index contributed by atoms with van der Waals surface area (Å²) in [5.41, 5.74) is 1.24. The van der Waals surface area contributed by atoms with Gasteiger partial charge in [-0.05, 0) is 49.1 Å². The third-order valence-electron chi connectivity index (χ3n) is 3.06. The molecule has 2 nitrogen and oxygen atoms in total. The molecule has 0 amide bonds. The van der Waals surface area contributed by atoms with Crippen molar-refractivity contribution in [2.24, 2.45) is 0 Å². The minimum Gasteiger partial charge on any atom is -0.456 e. The number of ether oxygens (including phenoxy) is 1. The summed E-state index contributed by atoms with van der Waals surface area (Å²) < 4.78 is 7.06. The van der Waals surface area contributed by atoms with Crippen molar-refractivity contribution in [2.45, 2.75) is 24.8 Å². The number of rotatable bonds is 7. The molecule has 0 heterocycles. The molecule has 4 heteroatoms. The molecule has 21 heavy (non-hydrogen) atoms. The summed E-state index contributed by atoms with van der Waals surface area (Å²) in [6, 6.07) is 14.2. The number of nitrogens with one attached hydrogen (secondary N) is 1. The highest BCUT2D eigenvalue weighted by Gasteiger charge is 2.06. The molecule has 0 aromatic heterocycles. The van der Waals surface area contributed by atoms with Gasteiger partial charge in [-0.1, -0.05) is 41.1 Å². The molecular formula is C17H20BrNOS. The Morgan fingerprint density at radius 1 is 1.19 bits per heavy atom. The highest BCUT2D eigenvalue weighted by molar-refractivity contribution is 9.10. The molecule has 0 aliphatic carbocycles. The Morgan fingerprint density at radius 3 is 2.71 bits per heavy atom. The van der Waals surface area contributed by atoms with Gasteiger partial charge in [0.2, 0.25) is 0 Å². The van der Waals surface area contributed by atoms with Gasteiger partial charge in [-0.25, -0.2) is 0 Å². The first-order valence-electron chi connectivity index (χ1n) is 7.04. The van der Waals surface area contributed by atoms with E-state index in [1.54, 1.807) is 11.8 Å². The van der Waals surface area contributed by atoms with Gasteiger partial charge in [0.25, 0.3) is 0 Å². The van der Waals surface area contributed by atoms with Gasteiger partial charge < -0.3 is 10.1 Å². The van der Waals surface area contributed by atoms with Gasteiger partial charge in [0.05, 0.1) is 0 Å². The van der Waals surface area contributed by atoms with Crippen LogP contribution >= 0.6 is 27.7 Å². The summed E-state index contributed by atoms with van der Waals surface area (Å²) in [6.45, 7) is 4.07. The number of para-hydroxylation sites is 1. The summed E-state index contributed by atoms with van der Waals surface area (Å²) >= 11 is 5.31. The summed E-state index contributed by atoms with van der Waals surface area (Å²) in [5.74, 6) is 1.75. The van der Waals surface area contributed by atoms with Crippen molar-refractivity contribution in [1.82, 2.24) is 5.32 Å². The Hall–Kier alpha value is -0.970. The lowest BCUT2D eigenvalue weighted by Crippen LogP contribution is -2.14. The first kappa shape index (κ1) is 16.4. The maximum absolute atomic E-state index is 5.99. The molecule has 0 saturated carbocycles. The first-order chi connectivity index (χ1) is 10.2. The Kier molecular flexibility index (Phi) is 6.61. The molecule has 1 N–H and O–H groups in total. The second-order valence-corrected chi connectivity index (χ2v) is 6.39. The fraction of sp³-hybridized carbons (Fsp3) is 0.294. The van der Waals surface area contributed by atoms with Crippen LogP contribution in [0.4, 0.5) is 0 Å². The Morgan fingerprint density at radius 2 is 2.00 bits per heavy atom. The van der Waals surface area contributed by atoms with E-state index in [-0.39, 0.29) is 0 Å². The number of hydrogen-bond acceptors (Lipinski definition) is 3. The third-order valence-corrected chi connectivity index (χ3v) is 4.58. The van der Waals surface area contributed by atoms with Crippen LogP contribution in [0.5, 0.6) is 11.5 Å². The van der Waals surface area contributed by atoms with E-state index in [1.807, 2.05) is 30.3 Å². The van der Waals surface area contributed by atoms with Crippen molar-refractivity contribution in [3.63, 3.8) is 0 Å². The van der Waals surface area contributed by atoms with Gasteiger partial charge in [0, 0.05) is 15.9 Å². The molecule has 2 aromatic carbocycles. The lowest BCUT2D eigenvalue weighted by atomic mass is 10.2. The summed E-state index contributed by atoms with van der Waals surface area (Å²) in [5, 5.41) is 3.41. The minimum absolute atomic E-state index is 0.850. The lowest BCUT2D eigenvalue weighted by molar-refractivity contribution is 0.470. The van der Waals surface area contributed by atoms with Crippen LogP contribution in [0.3, 0.4) is 0 Å². The van der Waals surface area contributed by atoms with Crippen molar-refractivity contribution in [2.75, 3.05) is 12.8 Å². The second-order valence-electron chi connectivity index (χ2n) is 4.68. The second kappa shape index (κ2) is 8.47. The molecule has 0 aliphatic rings. The van der Waals surface area contributed by atoms with Crippen LogP contribution in [0, 0.1) is 0 Å². The van der Waals surface area contributed by atoms with E-state index in [4.69, 9.17) is 4.74 Å². The number of benzene rings is 2. The van der Waals surface area contributed by atoms with Gasteiger partial charge in [0.1, 0.15) is 11.5 Å². The first-order valence-corrected chi connectivity index (χ1v) is 9.06. The molecule has 0 bridgehead atoms. The zero-order valence-corrected chi connectivity index (χ0v) is 14.8. The van der Waals surface area contributed by atoms with E-state index in [9.17, 15) is 0 Å². The Balaban J connectivity index is 2.09. The number of thioether (sulfide) groups is 1. The average molecular weight is 366 g/mol. The van der Waals surface area contributed by atoms with Gasteiger partial charge in [-0.3, -0.25) is 0 Å². The minimum atomic E-state index is 0.850. The third kappa shape index (κ3) is 4.77. The van der Waals surface area contributed by atoms with E-state index in [0.717, 1.165) is 40.4 Å². The Labute approximate surface area is 139 Å². The van der Waals surface area contributed by atoms with Crippen LogP contribution in [-0.4, -0.2) is 12.8 Å². The standard InChI is InChI=1S/C17H20BrNOS/c1-3-10-19-12-13-8-9-14(11-15(13)18)20-16-6-4-5-7-17(16)21-2/h4-9,11,19H,3,10,12H2,1-2H3. The van der Waals surface area contributed by atoms with Crippen LogP contribution in [0.2, 0.25) is 0 Å². The molecule has 0 unspecified atom stereocenters. The van der Waals surface area contributed by atoms with Gasteiger partial charge in [-0.15, -0.1) is 11.8 Å². The number of halogens is 1.